The number of unbranched alkanes of at least 4 members (excludes halogenated alkanes) is 1. The maximum Gasteiger partial charge on any atom is 0.224 e. The molecule has 1 aliphatic heterocycles. The molecule has 1 heterocycles. The number of amides is 1. The Hall–Kier alpha value is -3.35. The summed E-state index contributed by atoms with van der Waals surface area (Å²) in [6, 6.07) is 15.7. The highest BCUT2D eigenvalue weighted by Crippen LogP contribution is 2.36. The van der Waals surface area contributed by atoms with Crippen LogP contribution in [-0.2, 0) is 22.4 Å². The van der Waals surface area contributed by atoms with E-state index in [0.29, 0.717) is 19.3 Å². The highest BCUT2D eigenvalue weighted by atomic mass is 19.1. The number of aryl methyl sites for hydroxylation is 3. The van der Waals surface area contributed by atoms with Crippen LogP contribution in [-0.4, -0.2) is 43.7 Å². The number of fused-ring (bicyclic) bond motifs is 2. The number of halogens is 2. The Morgan fingerprint density at radius 3 is 2.24 bits per heavy atom. The average Bonchev–Trinajstić information content (AvgIpc) is 3.05. The molecule has 0 aromatic heterocycles. The van der Waals surface area contributed by atoms with Crippen molar-refractivity contribution in [1.29, 1.82) is 0 Å². The number of carbonyl (C=O) groups is 1. The topological polar surface area (TPSA) is 41.6 Å². The van der Waals surface area contributed by atoms with E-state index in [1.165, 1.54) is 12.1 Å². The normalized spacial score (nSPS) is 15.4. The maximum absolute atomic E-state index is 14.1. The van der Waals surface area contributed by atoms with Crippen molar-refractivity contribution in [3.8, 4) is 0 Å². The van der Waals surface area contributed by atoms with Gasteiger partial charge in [-0.15, -0.1) is 0 Å². The molecule has 5 rings (SSSR count). The third-order valence-electron chi connectivity index (χ3n) is 7.46. The number of rotatable bonds is 7. The molecule has 3 aromatic rings. The first-order valence-corrected chi connectivity index (χ1v) is 13.5. The van der Waals surface area contributed by atoms with Crippen molar-refractivity contribution >= 4 is 23.2 Å². The molecular formula is C32H34F2N2O2. The van der Waals surface area contributed by atoms with Crippen molar-refractivity contribution in [2.75, 3.05) is 38.2 Å². The van der Waals surface area contributed by atoms with Gasteiger partial charge in [0.25, 0.3) is 0 Å². The van der Waals surface area contributed by atoms with Gasteiger partial charge < -0.3 is 10.1 Å². The Morgan fingerprint density at radius 2 is 1.58 bits per heavy atom. The fraction of sp³-hybridized carbons (Fsp3) is 0.344. The Labute approximate surface area is 223 Å². The molecule has 0 radical (unpaired) electrons. The van der Waals surface area contributed by atoms with Gasteiger partial charge in [0, 0.05) is 25.2 Å². The van der Waals surface area contributed by atoms with E-state index in [1.54, 1.807) is 12.1 Å². The summed E-state index contributed by atoms with van der Waals surface area (Å²) >= 11 is 0. The molecule has 1 N–H and O–H groups in total. The summed E-state index contributed by atoms with van der Waals surface area (Å²) in [4.78, 5) is 15.1. The number of anilines is 1. The number of hydrogen-bond donors (Lipinski definition) is 1. The van der Waals surface area contributed by atoms with E-state index < -0.39 is 0 Å². The van der Waals surface area contributed by atoms with E-state index in [2.05, 4.69) is 16.3 Å². The van der Waals surface area contributed by atoms with Crippen LogP contribution in [0.25, 0.3) is 11.6 Å². The summed E-state index contributed by atoms with van der Waals surface area (Å²) in [5.74, 6) is -0.535. The number of benzene rings is 3. The van der Waals surface area contributed by atoms with Crippen molar-refractivity contribution < 1.29 is 18.3 Å². The van der Waals surface area contributed by atoms with Crippen molar-refractivity contribution in [3.05, 3.63) is 99.6 Å². The second-order valence-corrected chi connectivity index (χ2v) is 10.2. The van der Waals surface area contributed by atoms with Crippen molar-refractivity contribution in [1.82, 2.24) is 4.90 Å². The largest absolute Gasteiger partial charge is 0.379 e. The van der Waals surface area contributed by atoms with E-state index >= 15 is 0 Å². The second-order valence-electron chi connectivity index (χ2n) is 10.2. The van der Waals surface area contributed by atoms with E-state index in [-0.39, 0.29) is 17.5 Å². The van der Waals surface area contributed by atoms with Gasteiger partial charge in [0.15, 0.2) is 0 Å². The van der Waals surface area contributed by atoms with Crippen LogP contribution in [0.1, 0.15) is 52.6 Å². The molecule has 1 saturated heterocycles. The fourth-order valence-corrected chi connectivity index (χ4v) is 5.32. The Balaban J connectivity index is 1.34. The first-order valence-electron chi connectivity index (χ1n) is 13.5. The number of hydrogen-bond acceptors (Lipinski definition) is 3. The van der Waals surface area contributed by atoms with Crippen LogP contribution in [0.5, 0.6) is 0 Å². The van der Waals surface area contributed by atoms with Crippen molar-refractivity contribution in [2.45, 2.75) is 39.0 Å². The summed E-state index contributed by atoms with van der Waals surface area (Å²) in [5, 5.41) is 3.09. The number of nitrogens with one attached hydrogen (secondary N) is 1. The molecule has 2 aliphatic rings. The molecule has 0 spiro atoms. The van der Waals surface area contributed by atoms with Crippen LogP contribution in [0.3, 0.4) is 0 Å². The summed E-state index contributed by atoms with van der Waals surface area (Å²) in [6.45, 7) is 6.48. The van der Waals surface area contributed by atoms with Crippen LogP contribution >= 0.6 is 0 Å². The molecule has 6 heteroatoms. The van der Waals surface area contributed by atoms with Gasteiger partial charge in [-0.05, 0) is 115 Å². The van der Waals surface area contributed by atoms with E-state index in [1.807, 2.05) is 37.3 Å². The highest BCUT2D eigenvalue weighted by molar-refractivity contribution is 5.96. The van der Waals surface area contributed by atoms with Crippen LogP contribution in [0.15, 0.2) is 54.6 Å². The standard InChI is InChI=1S/C32H34F2N2O2/c1-22-5-6-23(19-31(22)35-32(37)4-2-3-13-36-14-16-38-17-15-36)18-30-28-11-9-26(33)20-24(28)7-8-25-21-27(34)10-12-29(25)30/h5-6,9-12,18-21H,2-4,7-8,13-17H2,1H3,(H,35,37). The maximum atomic E-state index is 14.1. The molecule has 3 aromatic carbocycles. The lowest BCUT2D eigenvalue weighted by atomic mass is 9.92. The van der Waals surface area contributed by atoms with Gasteiger partial charge in [0.2, 0.25) is 5.91 Å². The lowest BCUT2D eigenvalue weighted by Crippen LogP contribution is -2.36. The van der Waals surface area contributed by atoms with Gasteiger partial charge in [0.05, 0.1) is 13.2 Å². The molecule has 0 atom stereocenters. The molecule has 0 unspecified atom stereocenters. The average molecular weight is 517 g/mol. The minimum atomic E-state index is -0.273. The molecule has 4 nitrogen and oxygen atoms in total. The zero-order valence-electron chi connectivity index (χ0n) is 21.9. The Bertz CT molecular complexity index is 1290. The predicted octanol–water partition coefficient (Wildman–Crippen LogP) is 6.40. The van der Waals surface area contributed by atoms with Crippen LogP contribution < -0.4 is 5.32 Å². The number of carbonyl (C=O) groups excluding carboxylic acids is 1. The predicted molar refractivity (Wildman–Crippen MR) is 148 cm³/mol. The van der Waals surface area contributed by atoms with E-state index in [0.717, 1.165) is 90.3 Å². The first-order chi connectivity index (χ1) is 18.5. The second kappa shape index (κ2) is 12.0. The molecule has 0 bridgehead atoms. The minimum Gasteiger partial charge on any atom is -0.379 e. The van der Waals surface area contributed by atoms with Crippen molar-refractivity contribution in [2.24, 2.45) is 0 Å². The third kappa shape index (κ3) is 6.37. The van der Waals surface area contributed by atoms with Gasteiger partial charge in [-0.25, -0.2) is 8.78 Å². The van der Waals surface area contributed by atoms with Crippen molar-refractivity contribution in [3.63, 3.8) is 0 Å². The number of nitrogens with zero attached hydrogens (tertiary/aromatic N) is 1. The Kier molecular flexibility index (Phi) is 8.30. The van der Waals surface area contributed by atoms with Crippen LogP contribution in [0.4, 0.5) is 14.5 Å². The number of morpholine rings is 1. The third-order valence-corrected chi connectivity index (χ3v) is 7.46. The molecule has 1 aliphatic carbocycles. The van der Waals surface area contributed by atoms with Gasteiger partial charge in [-0.1, -0.05) is 24.3 Å². The number of ether oxygens (including phenoxy) is 1. The molecule has 1 amide bonds. The fourth-order valence-electron chi connectivity index (χ4n) is 5.32. The molecule has 1 fully saturated rings. The highest BCUT2D eigenvalue weighted by Gasteiger charge is 2.20. The van der Waals surface area contributed by atoms with Gasteiger partial charge in [0.1, 0.15) is 11.6 Å². The molecule has 38 heavy (non-hydrogen) atoms. The zero-order valence-corrected chi connectivity index (χ0v) is 21.9. The van der Waals surface area contributed by atoms with Gasteiger partial charge in [-0.3, -0.25) is 9.69 Å². The molecule has 198 valence electrons. The van der Waals surface area contributed by atoms with E-state index in [4.69, 9.17) is 4.74 Å². The van der Waals surface area contributed by atoms with E-state index in [9.17, 15) is 13.6 Å². The minimum absolute atomic E-state index is 0.0102. The quantitative estimate of drug-likeness (QED) is 0.370. The molecule has 0 saturated carbocycles. The monoisotopic (exact) mass is 516 g/mol. The van der Waals surface area contributed by atoms with Gasteiger partial charge >= 0.3 is 0 Å². The summed E-state index contributed by atoms with van der Waals surface area (Å²) < 4.78 is 33.5. The van der Waals surface area contributed by atoms with Crippen LogP contribution in [0.2, 0.25) is 0 Å². The summed E-state index contributed by atoms with van der Waals surface area (Å²) in [5.41, 5.74) is 7.32. The lowest BCUT2D eigenvalue weighted by Gasteiger charge is -2.26. The van der Waals surface area contributed by atoms with Gasteiger partial charge in [-0.2, -0.15) is 0 Å². The lowest BCUT2D eigenvalue weighted by molar-refractivity contribution is -0.116. The SMILES string of the molecule is Cc1ccc(C=C2c3ccc(F)cc3CCc3cc(F)ccc32)cc1NC(=O)CCCCN1CCOCC1. The van der Waals surface area contributed by atoms with Crippen LogP contribution in [0, 0.1) is 18.6 Å². The molecular weight excluding hydrogens is 482 g/mol. The summed E-state index contributed by atoms with van der Waals surface area (Å²) in [6.07, 6.45) is 5.64. The summed E-state index contributed by atoms with van der Waals surface area (Å²) in [7, 11) is 0. The first kappa shape index (κ1) is 26.3. The smallest absolute Gasteiger partial charge is 0.224 e. The zero-order chi connectivity index (χ0) is 26.5. The Morgan fingerprint density at radius 1 is 0.921 bits per heavy atom.